The number of hydrogen-bond acceptors (Lipinski definition) is 5. The normalized spacial score (nSPS) is 35.4. The van der Waals surface area contributed by atoms with Gasteiger partial charge < -0.3 is 14.8 Å². The average molecular weight is 267 g/mol. The Balaban J connectivity index is 2.01. The molecule has 5 heteroatoms. The summed E-state index contributed by atoms with van der Waals surface area (Å²) in [5.74, 6) is -0.150. The Hall–Kier alpha value is -1.36. The van der Waals surface area contributed by atoms with Gasteiger partial charge in [0, 0.05) is 38.3 Å². The van der Waals surface area contributed by atoms with Crippen LogP contribution in [0.3, 0.4) is 0 Å². The highest BCUT2D eigenvalue weighted by molar-refractivity contribution is 5.67. The van der Waals surface area contributed by atoms with Gasteiger partial charge in [0.2, 0.25) is 0 Å². The first kappa shape index (κ1) is 14.1. The van der Waals surface area contributed by atoms with Crippen molar-refractivity contribution in [2.75, 3.05) is 13.2 Å². The molecule has 0 radical (unpaired) electrons. The van der Waals surface area contributed by atoms with Gasteiger partial charge in [-0.15, -0.1) is 6.58 Å². The van der Waals surface area contributed by atoms with Crippen molar-refractivity contribution in [2.45, 2.75) is 38.8 Å². The third-order valence-corrected chi connectivity index (χ3v) is 4.15. The highest BCUT2D eigenvalue weighted by Crippen LogP contribution is 2.64. The number of rotatable bonds is 6. The molecule has 2 saturated carbocycles. The van der Waals surface area contributed by atoms with Gasteiger partial charge in [0.05, 0.1) is 0 Å². The Labute approximate surface area is 113 Å². The van der Waals surface area contributed by atoms with Crippen LogP contribution in [0, 0.1) is 11.3 Å². The van der Waals surface area contributed by atoms with E-state index in [1.54, 1.807) is 0 Å². The van der Waals surface area contributed by atoms with Crippen molar-refractivity contribution in [3.63, 3.8) is 0 Å². The summed E-state index contributed by atoms with van der Waals surface area (Å²) in [7, 11) is 0. The number of ether oxygens (including phenoxy) is 2. The van der Waals surface area contributed by atoms with Crippen molar-refractivity contribution in [1.29, 1.82) is 0 Å². The maximum absolute atomic E-state index is 11.2. The van der Waals surface area contributed by atoms with Gasteiger partial charge in [-0.25, -0.2) is 0 Å². The van der Waals surface area contributed by atoms with Crippen LogP contribution in [-0.4, -0.2) is 37.2 Å². The topological polar surface area (TPSA) is 64.6 Å². The second-order valence-corrected chi connectivity index (χ2v) is 5.46. The average Bonchev–Trinajstić information content (AvgIpc) is 3.00. The lowest BCUT2D eigenvalue weighted by Gasteiger charge is -2.22. The molecule has 2 aliphatic rings. The van der Waals surface area contributed by atoms with Crippen LogP contribution in [0.4, 0.5) is 0 Å². The minimum Gasteiger partial charge on any atom is -0.465 e. The fourth-order valence-corrected chi connectivity index (χ4v) is 3.21. The second-order valence-electron chi connectivity index (χ2n) is 5.46. The molecule has 0 aromatic rings. The lowest BCUT2D eigenvalue weighted by atomic mass is 10.0. The maximum atomic E-state index is 11.2. The Morgan fingerprint density at radius 1 is 1.42 bits per heavy atom. The van der Waals surface area contributed by atoms with Crippen molar-refractivity contribution in [1.82, 2.24) is 5.32 Å². The summed E-state index contributed by atoms with van der Waals surface area (Å²) in [6.45, 7) is 7.58. The summed E-state index contributed by atoms with van der Waals surface area (Å²) >= 11 is 0. The summed E-state index contributed by atoms with van der Waals surface area (Å²) in [5.41, 5.74) is -0.170. The van der Waals surface area contributed by atoms with Gasteiger partial charge in [-0.2, -0.15) is 0 Å². The SMILES string of the molecule is C=CCN[C@H]1C[C@H](OC(C)=O)[C@]2(COC(C)=O)C[C@H]12. The largest absolute Gasteiger partial charge is 0.465 e. The molecule has 0 heterocycles. The first-order valence-electron chi connectivity index (χ1n) is 6.64. The third-order valence-electron chi connectivity index (χ3n) is 4.15. The summed E-state index contributed by atoms with van der Waals surface area (Å²) in [4.78, 5) is 22.2. The third kappa shape index (κ3) is 2.81. The van der Waals surface area contributed by atoms with Crippen LogP contribution in [0.2, 0.25) is 0 Å². The van der Waals surface area contributed by atoms with E-state index in [4.69, 9.17) is 9.47 Å². The molecule has 0 saturated heterocycles. The zero-order chi connectivity index (χ0) is 14.0. The molecular formula is C14H21NO4. The zero-order valence-electron chi connectivity index (χ0n) is 11.5. The van der Waals surface area contributed by atoms with E-state index in [9.17, 15) is 9.59 Å². The van der Waals surface area contributed by atoms with Crippen LogP contribution in [0.5, 0.6) is 0 Å². The van der Waals surface area contributed by atoms with Gasteiger partial charge in [0.1, 0.15) is 12.7 Å². The smallest absolute Gasteiger partial charge is 0.302 e. The summed E-state index contributed by atoms with van der Waals surface area (Å²) in [5, 5.41) is 3.39. The highest BCUT2D eigenvalue weighted by Gasteiger charge is 2.69. The molecular weight excluding hydrogens is 246 g/mol. The van der Waals surface area contributed by atoms with Crippen LogP contribution < -0.4 is 5.32 Å². The molecule has 0 aliphatic heterocycles. The maximum Gasteiger partial charge on any atom is 0.302 e. The van der Waals surface area contributed by atoms with Gasteiger partial charge in [-0.05, 0) is 12.3 Å². The van der Waals surface area contributed by atoms with Gasteiger partial charge in [-0.3, -0.25) is 9.59 Å². The fraction of sp³-hybridized carbons (Fsp3) is 0.714. The number of esters is 2. The van der Waals surface area contributed by atoms with Gasteiger partial charge in [-0.1, -0.05) is 6.08 Å². The van der Waals surface area contributed by atoms with E-state index in [0.717, 1.165) is 19.4 Å². The lowest BCUT2D eigenvalue weighted by molar-refractivity contribution is -0.153. The van der Waals surface area contributed by atoms with E-state index in [1.807, 2.05) is 6.08 Å². The quantitative estimate of drug-likeness (QED) is 0.575. The Morgan fingerprint density at radius 2 is 2.16 bits per heavy atom. The second kappa shape index (κ2) is 5.33. The van der Waals surface area contributed by atoms with Crippen molar-refractivity contribution < 1.29 is 19.1 Å². The van der Waals surface area contributed by atoms with E-state index < -0.39 is 0 Å². The van der Waals surface area contributed by atoms with Gasteiger partial charge >= 0.3 is 11.9 Å². The van der Waals surface area contributed by atoms with Gasteiger partial charge in [0.15, 0.2) is 0 Å². The molecule has 0 amide bonds. The van der Waals surface area contributed by atoms with Crippen LogP contribution in [-0.2, 0) is 19.1 Å². The molecule has 5 nitrogen and oxygen atoms in total. The molecule has 0 aromatic heterocycles. The van der Waals surface area contributed by atoms with Crippen molar-refractivity contribution in [3.8, 4) is 0 Å². The Morgan fingerprint density at radius 3 is 2.74 bits per heavy atom. The minimum absolute atomic E-state index is 0.156. The van der Waals surface area contributed by atoms with E-state index in [0.29, 0.717) is 18.6 Å². The summed E-state index contributed by atoms with van der Waals surface area (Å²) in [6, 6.07) is 0.304. The Kier molecular flexibility index (Phi) is 3.94. The number of fused-ring (bicyclic) bond motifs is 1. The van der Waals surface area contributed by atoms with Crippen LogP contribution in [0.25, 0.3) is 0 Å². The summed E-state index contributed by atoms with van der Waals surface area (Å²) < 4.78 is 10.6. The number of carbonyl (C=O) groups excluding carboxylic acids is 2. The molecule has 0 aromatic carbocycles. The van der Waals surface area contributed by atoms with E-state index in [2.05, 4.69) is 11.9 Å². The van der Waals surface area contributed by atoms with Crippen LogP contribution >= 0.6 is 0 Å². The predicted molar refractivity (Wildman–Crippen MR) is 69.3 cm³/mol. The van der Waals surface area contributed by atoms with Crippen molar-refractivity contribution in [3.05, 3.63) is 12.7 Å². The highest BCUT2D eigenvalue weighted by atomic mass is 16.6. The molecule has 2 aliphatic carbocycles. The van der Waals surface area contributed by atoms with E-state index in [-0.39, 0.29) is 23.5 Å². The zero-order valence-corrected chi connectivity index (χ0v) is 11.5. The molecule has 0 unspecified atom stereocenters. The predicted octanol–water partition coefficient (Wildman–Crippen LogP) is 1.04. The molecule has 0 spiro atoms. The molecule has 0 bridgehead atoms. The number of nitrogens with one attached hydrogen (secondary N) is 1. The Bertz CT molecular complexity index is 395. The fourth-order valence-electron chi connectivity index (χ4n) is 3.21. The van der Waals surface area contributed by atoms with E-state index in [1.165, 1.54) is 13.8 Å². The standard InChI is InChI=1S/C14H21NO4/c1-4-5-15-12-6-13(19-10(3)17)14(7-11(12)14)8-18-9(2)16/h4,11-13,15H,1,5-8H2,2-3H3/t11-,12+,13+,14+/m1/s1. The first-order chi connectivity index (χ1) is 8.99. The van der Waals surface area contributed by atoms with Crippen molar-refractivity contribution in [2.24, 2.45) is 11.3 Å². The van der Waals surface area contributed by atoms with E-state index >= 15 is 0 Å². The number of carbonyl (C=O) groups is 2. The van der Waals surface area contributed by atoms with Gasteiger partial charge in [0.25, 0.3) is 0 Å². The van der Waals surface area contributed by atoms with Crippen molar-refractivity contribution >= 4 is 11.9 Å². The monoisotopic (exact) mass is 267 g/mol. The minimum atomic E-state index is -0.288. The summed E-state index contributed by atoms with van der Waals surface area (Å²) in [6.07, 6.45) is 3.37. The molecule has 1 N–H and O–H groups in total. The lowest BCUT2D eigenvalue weighted by Crippen LogP contribution is -2.32. The molecule has 4 atom stereocenters. The number of hydrogen-bond donors (Lipinski definition) is 1. The van der Waals surface area contributed by atoms with Crippen LogP contribution in [0.1, 0.15) is 26.7 Å². The molecule has 2 rings (SSSR count). The van der Waals surface area contributed by atoms with Crippen LogP contribution in [0.15, 0.2) is 12.7 Å². The first-order valence-corrected chi connectivity index (χ1v) is 6.64. The molecule has 19 heavy (non-hydrogen) atoms. The molecule has 106 valence electrons. The molecule has 2 fully saturated rings.